The summed E-state index contributed by atoms with van der Waals surface area (Å²) in [7, 11) is 0. The molecule has 0 spiro atoms. The number of esters is 8. The molecule has 24 nitrogen and oxygen atoms in total. The molecule has 9 aromatic rings. The van der Waals surface area contributed by atoms with Gasteiger partial charge in [-0.25, -0.2) is 38.4 Å². The van der Waals surface area contributed by atoms with Crippen molar-refractivity contribution in [3.8, 4) is 6.07 Å². The highest BCUT2D eigenvalue weighted by Crippen LogP contribution is 2.40. The Morgan fingerprint density at radius 1 is 0.336 bits per heavy atom. The molecule has 0 aromatic heterocycles. The van der Waals surface area contributed by atoms with Crippen LogP contribution in [0.15, 0.2) is 273 Å². The Balaban J connectivity index is 0.968. The van der Waals surface area contributed by atoms with E-state index in [0.717, 1.165) is 11.8 Å². The van der Waals surface area contributed by atoms with Gasteiger partial charge in [-0.15, -0.1) is 11.8 Å². The maximum atomic E-state index is 14.9. The van der Waals surface area contributed by atoms with Gasteiger partial charge in [0.25, 0.3) is 0 Å². The van der Waals surface area contributed by atoms with Gasteiger partial charge >= 0.3 is 47.8 Å². The normalized spacial score (nSPS) is 23.4. The van der Waals surface area contributed by atoms with Crippen LogP contribution in [0.1, 0.15) is 101 Å². The standard InChI is InChI=1S/C85H75NO23S/c86-48-28-29-49-110-85-74(96-50-54-30-10-1-11-31-54)69(109-84-73(108-82(95)62-46-26-9-27-47-62)71(106-80(93)60-42-22-7-23-43-60)68(104-78(91)58-38-18-5-19-39-58)65(101-84)53-98-76(89)56-34-14-3-15-35-56)66(87)63(102-85)51-99-83-72(107-81(94)61-44-24-8-25-45-61)70(105-79(92)59-40-20-6-21-41-59)67(103-77(90)57-36-16-4-17-37-57)64(100-83)52-97-75(88)55-32-12-2-13-33-55/h1-27,30-47,63-74,83-85,87H,28-29,49-53H2/t63-,64-,65-,66-,67-,68-,69+,70+,71+,72-,73-,74-,83-,84+,85+/m1/s1. The largest absolute Gasteiger partial charge is 0.459 e. The first-order valence-corrected chi connectivity index (χ1v) is 36.4. The highest BCUT2D eigenvalue weighted by atomic mass is 32.2. The second-order valence-corrected chi connectivity index (χ2v) is 26.5. The van der Waals surface area contributed by atoms with E-state index in [2.05, 4.69) is 6.07 Å². The van der Waals surface area contributed by atoms with Gasteiger partial charge in [0.2, 0.25) is 0 Å². The van der Waals surface area contributed by atoms with Gasteiger partial charge in [0.05, 0.1) is 63.8 Å². The third-order valence-corrected chi connectivity index (χ3v) is 19.0. The molecule has 0 radical (unpaired) electrons. The first-order valence-electron chi connectivity index (χ1n) is 35.3. The van der Waals surface area contributed by atoms with E-state index in [-0.39, 0.29) is 63.3 Å². The second kappa shape index (κ2) is 38.9. The first-order chi connectivity index (χ1) is 53.8. The Hall–Kier alpha value is -11.7. The number of ether oxygens (including phenoxy) is 14. The molecule has 3 fully saturated rings. The van der Waals surface area contributed by atoms with Crippen molar-refractivity contribution in [2.75, 3.05) is 25.6 Å². The number of unbranched alkanes of at least 4 members (excludes halogenated alkanes) is 1. The second-order valence-electron chi connectivity index (χ2n) is 25.3. The minimum Gasteiger partial charge on any atom is -0.459 e. The monoisotopic (exact) mass is 1510 g/mol. The van der Waals surface area contributed by atoms with Crippen LogP contribution in [0.25, 0.3) is 0 Å². The highest BCUT2D eigenvalue weighted by Gasteiger charge is 2.59. The first kappa shape index (κ1) is 77.9. The maximum absolute atomic E-state index is 14.9. The Kier molecular flexibility index (Phi) is 27.5. The molecule has 3 heterocycles. The van der Waals surface area contributed by atoms with Crippen LogP contribution in [-0.4, -0.2) is 170 Å². The number of aliphatic hydroxyl groups is 1. The summed E-state index contributed by atoms with van der Waals surface area (Å²) in [4.78, 5) is 116. The summed E-state index contributed by atoms with van der Waals surface area (Å²) in [5.41, 5.74) is -0.266. The van der Waals surface area contributed by atoms with Crippen LogP contribution in [0, 0.1) is 11.3 Å². The van der Waals surface area contributed by atoms with Crippen molar-refractivity contribution in [3.05, 3.63) is 323 Å². The molecule has 3 saturated heterocycles. The zero-order chi connectivity index (χ0) is 76.6. The number of hydrogen-bond acceptors (Lipinski definition) is 25. The van der Waals surface area contributed by atoms with Crippen molar-refractivity contribution < 1.29 is 110 Å². The lowest BCUT2D eigenvalue weighted by Gasteiger charge is -2.49. The summed E-state index contributed by atoms with van der Waals surface area (Å²) in [5, 5.41) is 23.3. The van der Waals surface area contributed by atoms with Gasteiger partial charge in [-0.05, 0) is 115 Å². The Bertz CT molecular complexity index is 4540. The molecule has 110 heavy (non-hydrogen) atoms. The molecule has 0 saturated carbocycles. The molecule has 564 valence electrons. The van der Waals surface area contributed by atoms with Crippen LogP contribution in [0.2, 0.25) is 0 Å². The third-order valence-electron chi connectivity index (χ3n) is 17.8. The van der Waals surface area contributed by atoms with E-state index in [4.69, 9.17) is 66.3 Å². The zero-order valence-electron chi connectivity index (χ0n) is 58.9. The number of hydrogen-bond donors (Lipinski definition) is 1. The fraction of sp³-hybridized carbons (Fsp3) is 0.259. The van der Waals surface area contributed by atoms with E-state index in [1.54, 1.807) is 176 Å². The molecule has 0 aliphatic carbocycles. The van der Waals surface area contributed by atoms with Crippen molar-refractivity contribution in [1.29, 1.82) is 5.26 Å². The zero-order valence-corrected chi connectivity index (χ0v) is 59.7. The minimum atomic E-state index is -2.05. The van der Waals surface area contributed by atoms with Crippen molar-refractivity contribution in [3.63, 3.8) is 0 Å². The SMILES string of the molecule is N#CCCCS[C@@H]1O[C@H](CO[C@@H]2O[C@H](COC(=O)c3ccccc3)[C@@H](OC(=O)c3ccccc3)[C@H](OC(=O)c3ccccc3)[C@H]2OC(=O)c2ccccc2)[C@@H](O)[C@H](O[C@@H]2O[C@H](COC(=O)c3ccccc3)[C@@H](OC(=O)c3ccccc3)[C@H](OC(=O)c3ccccc3)[C@H]2OC(=O)c2ccccc2)[C@H]1OCc1ccccc1. The molecule has 9 aromatic carbocycles. The van der Waals surface area contributed by atoms with Crippen LogP contribution in [0.5, 0.6) is 0 Å². The lowest BCUT2D eigenvalue weighted by Crippen LogP contribution is -2.67. The number of aliphatic hydroxyl groups excluding tert-OH is 1. The number of rotatable bonds is 30. The quantitative estimate of drug-likeness (QED) is 0.0248. The number of carbonyl (C=O) groups is 8. The molecule has 0 amide bonds. The molecule has 25 heteroatoms. The lowest BCUT2D eigenvalue weighted by atomic mass is 9.96. The van der Waals surface area contributed by atoms with Crippen molar-refractivity contribution in [2.45, 2.75) is 111 Å². The van der Waals surface area contributed by atoms with Gasteiger partial charge in [-0.2, -0.15) is 5.26 Å². The van der Waals surface area contributed by atoms with E-state index in [0.29, 0.717) is 12.0 Å². The fourth-order valence-electron chi connectivity index (χ4n) is 12.3. The average molecular weight is 1510 g/mol. The van der Waals surface area contributed by atoms with Gasteiger partial charge in [-0.1, -0.05) is 176 Å². The summed E-state index contributed by atoms with van der Waals surface area (Å²) in [6, 6.07) is 73.4. The maximum Gasteiger partial charge on any atom is 0.338 e. The summed E-state index contributed by atoms with van der Waals surface area (Å²) in [6.07, 6.45) is -25.0. The minimum absolute atomic E-state index is 0.000976. The summed E-state index contributed by atoms with van der Waals surface area (Å²) < 4.78 is 91.4. The summed E-state index contributed by atoms with van der Waals surface area (Å²) in [6.45, 7) is -2.42. The average Bonchev–Trinajstić information content (AvgIpc) is 0.766. The lowest BCUT2D eigenvalue weighted by molar-refractivity contribution is -0.343. The van der Waals surface area contributed by atoms with Crippen LogP contribution in [0.3, 0.4) is 0 Å². The molecule has 12 rings (SSSR count). The number of nitrogens with zero attached hydrogens (tertiary/aromatic N) is 1. The number of nitriles is 1. The van der Waals surface area contributed by atoms with E-state index in [9.17, 15) is 48.7 Å². The summed E-state index contributed by atoms with van der Waals surface area (Å²) >= 11 is 1.16. The highest BCUT2D eigenvalue weighted by molar-refractivity contribution is 7.99. The predicted molar refractivity (Wildman–Crippen MR) is 392 cm³/mol. The number of benzene rings is 9. The fourth-order valence-corrected chi connectivity index (χ4v) is 13.4. The molecule has 0 bridgehead atoms. The van der Waals surface area contributed by atoms with Gasteiger partial charge in [0.15, 0.2) is 49.2 Å². The molecular formula is C85H75NO23S. The van der Waals surface area contributed by atoms with Crippen LogP contribution >= 0.6 is 11.8 Å². The molecule has 1 N–H and O–H groups in total. The van der Waals surface area contributed by atoms with Crippen LogP contribution < -0.4 is 0 Å². The smallest absolute Gasteiger partial charge is 0.338 e. The molecule has 3 aliphatic heterocycles. The number of carbonyl (C=O) groups excluding carboxylic acids is 8. The van der Waals surface area contributed by atoms with E-state index >= 15 is 0 Å². The van der Waals surface area contributed by atoms with Gasteiger partial charge < -0.3 is 71.4 Å². The Morgan fingerprint density at radius 2 is 0.645 bits per heavy atom. The molecule has 15 atom stereocenters. The summed E-state index contributed by atoms with van der Waals surface area (Å²) in [5.74, 6) is -7.42. The predicted octanol–water partition coefficient (Wildman–Crippen LogP) is 11.6. The Morgan fingerprint density at radius 3 is 1.00 bits per heavy atom. The molecule has 0 unspecified atom stereocenters. The Labute approximate surface area is 636 Å². The van der Waals surface area contributed by atoms with Gasteiger partial charge in [-0.3, -0.25) is 0 Å². The number of thioether (sulfide) groups is 1. The van der Waals surface area contributed by atoms with Crippen molar-refractivity contribution in [1.82, 2.24) is 0 Å². The molecule has 3 aliphatic rings. The topological polar surface area (TPSA) is 310 Å². The van der Waals surface area contributed by atoms with Gasteiger partial charge in [0.1, 0.15) is 55.3 Å². The third kappa shape index (κ3) is 20.6. The van der Waals surface area contributed by atoms with Gasteiger partial charge in [0, 0.05) is 6.42 Å². The van der Waals surface area contributed by atoms with Crippen molar-refractivity contribution in [2.24, 2.45) is 0 Å². The van der Waals surface area contributed by atoms with Crippen LogP contribution in [-0.2, 0) is 72.9 Å². The van der Waals surface area contributed by atoms with Crippen LogP contribution in [0.4, 0.5) is 0 Å². The van der Waals surface area contributed by atoms with Crippen molar-refractivity contribution >= 4 is 59.5 Å². The van der Waals surface area contributed by atoms with E-state index in [1.165, 1.54) is 97.1 Å². The van der Waals surface area contributed by atoms with E-state index in [1.807, 2.05) is 0 Å². The molecular weight excluding hydrogens is 1430 g/mol. The van der Waals surface area contributed by atoms with E-state index < -0.39 is 159 Å².